The zero-order valence-corrected chi connectivity index (χ0v) is 13.6. The van der Waals surface area contributed by atoms with Crippen LogP contribution in [0.1, 0.15) is 58.3 Å². The number of nitrogens with one attached hydrogen (secondary N) is 1. The predicted octanol–water partition coefficient (Wildman–Crippen LogP) is 4.21. The molecule has 1 N–H and O–H groups in total. The normalized spacial score (nSPS) is 19.7. The number of hydrogen-bond acceptors (Lipinski definition) is 2. The van der Waals surface area contributed by atoms with Gasteiger partial charge in [0.2, 0.25) is 0 Å². The zero-order valence-electron chi connectivity index (χ0n) is 13.6. The first-order chi connectivity index (χ1) is 9.87. The van der Waals surface area contributed by atoms with E-state index in [2.05, 4.69) is 12.2 Å². The minimum atomic E-state index is -4.05. The van der Waals surface area contributed by atoms with Crippen LogP contribution < -0.4 is 5.32 Å². The van der Waals surface area contributed by atoms with Gasteiger partial charge in [-0.1, -0.05) is 32.6 Å². The van der Waals surface area contributed by atoms with Crippen LogP contribution in [-0.4, -0.2) is 44.3 Å². The monoisotopic (exact) mass is 308 g/mol. The topological polar surface area (TPSA) is 15.3 Å². The molecule has 0 saturated heterocycles. The molecule has 5 heteroatoms. The van der Waals surface area contributed by atoms with Crippen LogP contribution in [0.15, 0.2) is 0 Å². The second-order valence-corrected chi connectivity index (χ2v) is 6.69. The molecule has 0 aliphatic heterocycles. The van der Waals surface area contributed by atoms with Gasteiger partial charge in [-0.15, -0.1) is 0 Å². The number of alkyl halides is 3. The molecule has 1 fully saturated rings. The molecule has 0 atom stereocenters. The van der Waals surface area contributed by atoms with E-state index >= 15 is 0 Å². The van der Waals surface area contributed by atoms with Crippen molar-refractivity contribution in [3.63, 3.8) is 0 Å². The van der Waals surface area contributed by atoms with Crippen LogP contribution >= 0.6 is 0 Å². The van der Waals surface area contributed by atoms with Crippen LogP contribution in [0.5, 0.6) is 0 Å². The molecule has 0 spiro atoms. The van der Waals surface area contributed by atoms with E-state index in [-0.39, 0.29) is 12.0 Å². The summed E-state index contributed by atoms with van der Waals surface area (Å²) >= 11 is 0. The number of rotatable bonds is 8. The molecule has 0 radical (unpaired) electrons. The molecule has 0 heterocycles. The van der Waals surface area contributed by atoms with Gasteiger partial charge in [0.1, 0.15) is 0 Å². The van der Waals surface area contributed by atoms with Gasteiger partial charge in [0.15, 0.2) is 0 Å². The highest BCUT2D eigenvalue weighted by Gasteiger charge is 2.33. The van der Waals surface area contributed by atoms with E-state index in [4.69, 9.17) is 0 Å². The summed E-state index contributed by atoms with van der Waals surface area (Å²) in [6.07, 6.45) is 3.57. The number of nitrogens with zero attached hydrogens (tertiary/aromatic N) is 1. The highest BCUT2D eigenvalue weighted by molar-refractivity contribution is 4.86. The molecule has 0 unspecified atom stereocenters. The van der Waals surface area contributed by atoms with Crippen molar-refractivity contribution in [3.05, 3.63) is 0 Å². The van der Waals surface area contributed by atoms with Crippen molar-refractivity contribution in [2.75, 3.05) is 33.2 Å². The third kappa shape index (κ3) is 8.05. The Kier molecular flexibility index (Phi) is 8.03. The fourth-order valence-corrected chi connectivity index (χ4v) is 3.37. The minimum absolute atomic E-state index is 0.110. The first kappa shape index (κ1) is 18.8. The summed E-state index contributed by atoms with van der Waals surface area (Å²) in [5, 5.41) is 3.50. The standard InChI is InChI=1S/C16H31F3N2/c1-3-11-20-13-15(8-6-4-5-7-9-15)14-21(2)12-10-16(17,18)19/h20H,3-14H2,1-2H3. The molecular weight excluding hydrogens is 277 g/mol. The fourth-order valence-electron chi connectivity index (χ4n) is 3.37. The van der Waals surface area contributed by atoms with Gasteiger partial charge in [0.05, 0.1) is 6.42 Å². The maximum Gasteiger partial charge on any atom is 0.390 e. The van der Waals surface area contributed by atoms with Gasteiger partial charge >= 0.3 is 6.18 Å². The highest BCUT2D eigenvalue weighted by Crippen LogP contribution is 2.35. The van der Waals surface area contributed by atoms with E-state index in [1.165, 1.54) is 25.7 Å². The molecule has 1 saturated carbocycles. The summed E-state index contributed by atoms with van der Waals surface area (Å²) in [5.41, 5.74) is 0.159. The maximum absolute atomic E-state index is 12.4. The summed E-state index contributed by atoms with van der Waals surface area (Å²) in [6.45, 7) is 4.96. The Bertz CT molecular complexity index is 271. The lowest BCUT2D eigenvalue weighted by Gasteiger charge is -2.37. The summed E-state index contributed by atoms with van der Waals surface area (Å²) < 4.78 is 37.1. The van der Waals surface area contributed by atoms with Gasteiger partial charge in [0.25, 0.3) is 0 Å². The lowest BCUT2D eigenvalue weighted by atomic mass is 9.79. The van der Waals surface area contributed by atoms with Crippen LogP contribution in [0.2, 0.25) is 0 Å². The molecule has 0 bridgehead atoms. The molecular formula is C16H31F3N2. The Morgan fingerprint density at radius 3 is 2.24 bits per heavy atom. The molecule has 1 aliphatic rings. The van der Waals surface area contributed by atoms with Crippen molar-refractivity contribution >= 4 is 0 Å². The molecule has 126 valence electrons. The largest absolute Gasteiger partial charge is 0.390 e. The molecule has 0 aromatic rings. The maximum atomic E-state index is 12.4. The highest BCUT2D eigenvalue weighted by atomic mass is 19.4. The minimum Gasteiger partial charge on any atom is -0.316 e. The van der Waals surface area contributed by atoms with Gasteiger partial charge in [-0.05, 0) is 38.3 Å². The number of halogens is 3. The van der Waals surface area contributed by atoms with Crippen molar-refractivity contribution in [3.8, 4) is 0 Å². The van der Waals surface area contributed by atoms with Gasteiger partial charge in [-0.3, -0.25) is 0 Å². The second kappa shape index (κ2) is 8.99. The Labute approximate surface area is 127 Å². The van der Waals surface area contributed by atoms with E-state index < -0.39 is 12.6 Å². The number of hydrogen-bond donors (Lipinski definition) is 1. The van der Waals surface area contributed by atoms with Gasteiger partial charge < -0.3 is 10.2 Å². The van der Waals surface area contributed by atoms with E-state index in [0.717, 1.165) is 38.9 Å². The smallest absolute Gasteiger partial charge is 0.316 e. The van der Waals surface area contributed by atoms with E-state index in [1.807, 2.05) is 11.9 Å². The SMILES string of the molecule is CCCNCC1(CN(C)CCC(F)(F)F)CCCCCC1. The second-order valence-electron chi connectivity index (χ2n) is 6.69. The molecule has 0 amide bonds. The lowest BCUT2D eigenvalue weighted by Crippen LogP contribution is -2.43. The van der Waals surface area contributed by atoms with Crippen LogP contribution in [0.4, 0.5) is 13.2 Å². The van der Waals surface area contributed by atoms with Crippen LogP contribution in [-0.2, 0) is 0 Å². The Morgan fingerprint density at radius 2 is 1.71 bits per heavy atom. The molecule has 1 rings (SSSR count). The van der Waals surface area contributed by atoms with Crippen LogP contribution in [0.25, 0.3) is 0 Å². The summed E-state index contributed by atoms with van der Waals surface area (Å²) in [6, 6.07) is 0. The third-order valence-corrected chi connectivity index (χ3v) is 4.47. The van der Waals surface area contributed by atoms with Gasteiger partial charge in [-0.25, -0.2) is 0 Å². The lowest BCUT2D eigenvalue weighted by molar-refractivity contribution is -0.138. The van der Waals surface area contributed by atoms with Gasteiger partial charge in [-0.2, -0.15) is 13.2 Å². The van der Waals surface area contributed by atoms with Gasteiger partial charge in [0, 0.05) is 19.6 Å². The molecule has 2 nitrogen and oxygen atoms in total. The predicted molar refractivity (Wildman–Crippen MR) is 81.5 cm³/mol. The molecule has 0 aromatic heterocycles. The van der Waals surface area contributed by atoms with Crippen molar-refractivity contribution in [1.29, 1.82) is 0 Å². The van der Waals surface area contributed by atoms with Crippen LogP contribution in [0.3, 0.4) is 0 Å². The quantitative estimate of drug-likeness (QED) is 0.534. The van der Waals surface area contributed by atoms with E-state index in [9.17, 15) is 13.2 Å². The Balaban J connectivity index is 2.54. The fraction of sp³-hybridized carbons (Fsp3) is 1.00. The summed E-state index contributed by atoms with van der Waals surface area (Å²) in [7, 11) is 1.83. The summed E-state index contributed by atoms with van der Waals surface area (Å²) in [4.78, 5) is 1.88. The average molecular weight is 308 g/mol. The Morgan fingerprint density at radius 1 is 1.10 bits per heavy atom. The molecule has 1 aliphatic carbocycles. The van der Waals surface area contributed by atoms with Crippen LogP contribution in [0, 0.1) is 5.41 Å². The van der Waals surface area contributed by atoms with Crippen molar-refractivity contribution in [2.24, 2.45) is 5.41 Å². The van der Waals surface area contributed by atoms with Crippen molar-refractivity contribution in [1.82, 2.24) is 10.2 Å². The molecule has 0 aromatic carbocycles. The first-order valence-corrected chi connectivity index (χ1v) is 8.33. The van der Waals surface area contributed by atoms with E-state index in [0.29, 0.717) is 0 Å². The molecule has 21 heavy (non-hydrogen) atoms. The van der Waals surface area contributed by atoms with E-state index in [1.54, 1.807) is 0 Å². The zero-order chi connectivity index (χ0) is 15.8. The Hall–Kier alpha value is -0.290. The summed E-state index contributed by atoms with van der Waals surface area (Å²) in [5.74, 6) is 0. The third-order valence-electron chi connectivity index (χ3n) is 4.47. The first-order valence-electron chi connectivity index (χ1n) is 8.33. The average Bonchev–Trinajstić information content (AvgIpc) is 2.62. The van der Waals surface area contributed by atoms with Crippen molar-refractivity contribution in [2.45, 2.75) is 64.5 Å². The van der Waals surface area contributed by atoms with Crippen molar-refractivity contribution < 1.29 is 13.2 Å².